The van der Waals surface area contributed by atoms with Crippen LogP contribution in [0.5, 0.6) is 5.75 Å². The fourth-order valence-corrected chi connectivity index (χ4v) is 3.08. The highest BCUT2D eigenvalue weighted by molar-refractivity contribution is 7.09. The number of hydrogen-bond donors (Lipinski definition) is 0. The van der Waals surface area contributed by atoms with E-state index in [1.165, 1.54) is 0 Å². The number of para-hydroxylation sites is 1. The van der Waals surface area contributed by atoms with Crippen molar-refractivity contribution >= 4 is 17.1 Å². The SMILES string of the molecule is COc1ccccc1CC(=O)Cc1nc(C(C)(C)C)cs1. The second-order valence-corrected chi connectivity index (χ2v) is 7.02. The fourth-order valence-electron chi connectivity index (χ4n) is 2.03. The minimum absolute atomic E-state index is 0.0282. The molecule has 1 aromatic carbocycles. The van der Waals surface area contributed by atoms with Crippen molar-refractivity contribution in [2.75, 3.05) is 7.11 Å². The molecule has 0 aliphatic carbocycles. The zero-order valence-electron chi connectivity index (χ0n) is 13.0. The van der Waals surface area contributed by atoms with Crippen molar-refractivity contribution in [2.24, 2.45) is 0 Å². The number of carbonyl (C=O) groups excluding carboxylic acids is 1. The van der Waals surface area contributed by atoms with Gasteiger partial charge in [0.05, 0.1) is 19.2 Å². The molecule has 0 aliphatic heterocycles. The van der Waals surface area contributed by atoms with Gasteiger partial charge in [0, 0.05) is 22.8 Å². The molecular formula is C17H21NO2S. The standard InChI is InChI=1S/C17H21NO2S/c1-17(2,3)15-11-21-16(18-15)10-13(19)9-12-7-5-6-8-14(12)20-4/h5-8,11H,9-10H2,1-4H3. The van der Waals surface area contributed by atoms with E-state index in [-0.39, 0.29) is 11.2 Å². The van der Waals surface area contributed by atoms with E-state index in [1.54, 1.807) is 18.4 Å². The minimum atomic E-state index is 0.0282. The van der Waals surface area contributed by atoms with Crippen molar-refractivity contribution in [2.45, 2.75) is 39.0 Å². The predicted molar refractivity (Wildman–Crippen MR) is 86.2 cm³/mol. The molecule has 1 aromatic heterocycles. The van der Waals surface area contributed by atoms with Gasteiger partial charge in [-0.3, -0.25) is 4.79 Å². The fraction of sp³-hybridized carbons (Fsp3) is 0.412. The number of rotatable bonds is 5. The van der Waals surface area contributed by atoms with Gasteiger partial charge in [-0.05, 0) is 6.07 Å². The van der Waals surface area contributed by atoms with Crippen LogP contribution in [-0.2, 0) is 23.1 Å². The van der Waals surface area contributed by atoms with Crippen LogP contribution in [0.4, 0.5) is 0 Å². The van der Waals surface area contributed by atoms with E-state index in [9.17, 15) is 4.79 Å². The van der Waals surface area contributed by atoms with E-state index < -0.39 is 0 Å². The smallest absolute Gasteiger partial charge is 0.144 e. The third kappa shape index (κ3) is 4.14. The average molecular weight is 303 g/mol. The van der Waals surface area contributed by atoms with Crippen LogP contribution in [0, 0.1) is 0 Å². The number of thiazole rings is 1. The van der Waals surface area contributed by atoms with Gasteiger partial charge >= 0.3 is 0 Å². The maximum atomic E-state index is 12.2. The molecule has 0 unspecified atom stereocenters. The summed E-state index contributed by atoms with van der Waals surface area (Å²) in [5.74, 6) is 0.926. The summed E-state index contributed by atoms with van der Waals surface area (Å²) >= 11 is 1.56. The summed E-state index contributed by atoms with van der Waals surface area (Å²) in [5, 5.41) is 2.94. The first kappa shape index (κ1) is 15.7. The molecule has 112 valence electrons. The maximum absolute atomic E-state index is 12.2. The lowest BCUT2D eigenvalue weighted by atomic mass is 9.93. The number of ketones is 1. The first-order valence-electron chi connectivity index (χ1n) is 6.98. The topological polar surface area (TPSA) is 39.2 Å². The molecule has 0 aliphatic rings. The number of aromatic nitrogens is 1. The van der Waals surface area contributed by atoms with Crippen LogP contribution >= 0.6 is 11.3 Å². The Morgan fingerprint density at radius 2 is 1.95 bits per heavy atom. The number of nitrogens with zero attached hydrogens (tertiary/aromatic N) is 1. The third-order valence-electron chi connectivity index (χ3n) is 3.25. The van der Waals surface area contributed by atoms with Gasteiger partial charge in [-0.2, -0.15) is 0 Å². The summed E-state index contributed by atoms with van der Waals surface area (Å²) in [6, 6.07) is 7.64. The highest BCUT2D eigenvalue weighted by atomic mass is 32.1. The number of ether oxygens (including phenoxy) is 1. The average Bonchev–Trinajstić information content (AvgIpc) is 2.87. The Labute approximate surface area is 130 Å². The van der Waals surface area contributed by atoms with E-state index in [4.69, 9.17) is 4.74 Å². The van der Waals surface area contributed by atoms with Crippen LogP contribution in [-0.4, -0.2) is 17.9 Å². The van der Waals surface area contributed by atoms with E-state index in [1.807, 2.05) is 29.6 Å². The zero-order chi connectivity index (χ0) is 15.5. The van der Waals surface area contributed by atoms with Crippen molar-refractivity contribution < 1.29 is 9.53 Å². The normalized spacial score (nSPS) is 11.4. The molecule has 3 nitrogen and oxygen atoms in total. The van der Waals surface area contributed by atoms with Gasteiger partial charge in [-0.1, -0.05) is 39.0 Å². The molecule has 0 N–H and O–H groups in total. The molecule has 21 heavy (non-hydrogen) atoms. The molecule has 0 amide bonds. The van der Waals surface area contributed by atoms with E-state index >= 15 is 0 Å². The largest absolute Gasteiger partial charge is 0.496 e. The molecule has 2 aromatic rings. The first-order chi connectivity index (χ1) is 9.90. The summed E-state index contributed by atoms with van der Waals surface area (Å²) < 4.78 is 5.28. The first-order valence-corrected chi connectivity index (χ1v) is 7.86. The molecule has 0 radical (unpaired) electrons. The van der Waals surface area contributed by atoms with Gasteiger partial charge in [0.25, 0.3) is 0 Å². The molecule has 0 saturated carbocycles. The number of benzene rings is 1. The van der Waals surface area contributed by atoms with Gasteiger partial charge < -0.3 is 4.74 Å². The van der Waals surface area contributed by atoms with Crippen LogP contribution in [0.1, 0.15) is 37.0 Å². The Bertz CT molecular complexity index is 626. The van der Waals surface area contributed by atoms with Gasteiger partial charge in [0.1, 0.15) is 16.5 Å². The van der Waals surface area contributed by atoms with E-state index in [0.717, 1.165) is 22.0 Å². The molecular weight excluding hydrogens is 282 g/mol. The van der Waals surface area contributed by atoms with Crippen LogP contribution in [0.25, 0.3) is 0 Å². The Morgan fingerprint density at radius 3 is 2.57 bits per heavy atom. The molecule has 0 atom stereocenters. The highest BCUT2D eigenvalue weighted by Crippen LogP contribution is 2.24. The summed E-state index contributed by atoms with van der Waals surface area (Å²) in [6.07, 6.45) is 0.771. The predicted octanol–water partition coefficient (Wildman–Crippen LogP) is 3.80. The van der Waals surface area contributed by atoms with Gasteiger partial charge in [0.2, 0.25) is 0 Å². The monoisotopic (exact) mass is 303 g/mol. The van der Waals surface area contributed by atoms with E-state index in [2.05, 4.69) is 25.8 Å². The van der Waals surface area contributed by atoms with Crippen molar-refractivity contribution in [1.82, 2.24) is 4.98 Å². The lowest BCUT2D eigenvalue weighted by Crippen LogP contribution is -2.12. The Hall–Kier alpha value is -1.68. The quantitative estimate of drug-likeness (QED) is 0.843. The van der Waals surface area contributed by atoms with Crippen LogP contribution in [0.2, 0.25) is 0 Å². The summed E-state index contributed by atoms with van der Waals surface area (Å²) in [4.78, 5) is 16.8. The molecule has 0 spiro atoms. The lowest BCUT2D eigenvalue weighted by Gasteiger charge is -2.14. The van der Waals surface area contributed by atoms with Crippen molar-refractivity contribution in [3.05, 3.63) is 45.9 Å². The second kappa shape index (κ2) is 6.39. The molecule has 4 heteroatoms. The summed E-state index contributed by atoms with van der Waals surface area (Å²) in [6.45, 7) is 6.38. The molecule has 2 rings (SSSR count). The molecule has 1 heterocycles. The molecule has 0 saturated heterocycles. The van der Waals surface area contributed by atoms with Crippen molar-refractivity contribution in [3.8, 4) is 5.75 Å². The zero-order valence-corrected chi connectivity index (χ0v) is 13.8. The van der Waals surface area contributed by atoms with Crippen molar-refractivity contribution in [1.29, 1.82) is 0 Å². The number of hydrogen-bond acceptors (Lipinski definition) is 4. The van der Waals surface area contributed by atoms with E-state index in [0.29, 0.717) is 12.8 Å². The summed E-state index contributed by atoms with van der Waals surface area (Å²) in [5.41, 5.74) is 2.01. The van der Waals surface area contributed by atoms with Crippen LogP contribution < -0.4 is 4.74 Å². The minimum Gasteiger partial charge on any atom is -0.496 e. The Kier molecular flexibility index (Phi) is 4.78. The van der Waals surface area contributed by atoms with Crippen LogP contribution in [0.15, 0.2) is 29.6 Å². The Balaban J connectivity index is 2.03. The number of methoxy groups -OCH3 is 1. The van der Waals surface area contributed by atoms with Gasteiger partial charge in [-0.15, -0.1) is 11.3 Å². The molecule has 0 fully saturated rings. The van der Waals surface area contributed by atoms with Gasteiger partial charge in [-0.25, -0.2) is 4.98 Å². The Morgan fingerprint density at radius 1 is 1.24 bits per heavy atom. The van der Waals surface area contributed by atoms with Gasteiger partial charge in [0.15, 0.2) is 0 Å². The number of carbonyl (C=O) groups is 1. The maximum Gasteiger partial charge on any atom is 0.144 e. The highest BCUT2D eigenvalue weighted by Gasteiger charge is 2.18. The molecule has 0 bridgehead atoms. The number of Topliss-reactive ketones (excluding diaryl/α,β-unsaturated/α-hetero) is 1. The van der Waals surface area contributed by atoms with Crippen LogP contribution in [0.3, 0.4) is 0 Å². The third-order valence-corrected chi connectivity index (χ3v) is 4.10. The second-order valence-electron chi connectivity index (χ2n) is 6.08. The van der Waals surface area contributed by atoms with Crippen molar-refractivity contribution in [3.63, 3.8) is 0 Å². The summed E-state index contributed by atoms with van der Waals surface area (Å²) in [7, 11) is 1.62. The lowest BCUT2D eigenvalue weighted by molar-refractivity contribution is -0.117.